The number of hydrogen-bond acceptors (Lipinski definition) is 5. The van der Waals surface area contributed by atoms with E-state index in [1.807, 2.05) is 0 Å². The molecule has 1 aliphatic heterocycles. The summed E-state index contributed by atoms with van der Waals surface area (Å²) >= 11 is 0. The molecule has 2 fully saturated rings. The predicted molar refractivity (Wildman–Crippen MR) is 73.4 cm³/mol. The Bertz CT molecular complexity index is 453. The average molecular weight is 262 g/mol. The lowest BCUT2D eigenvalue weighted by molar-refractivity contribution is 0.228. The molecule has 0 bridgehead atoms. The molecule has 0 atom stereocenters. The third-order valence-corrected chi connectivity index (χ3v) is 3.92. The highest BCUT2D eigenvalue weighted by atomic mass is 16.5. The number of rotatable bonds is 4. The van der Waals surface area contributed by atoms with Gasteiger partial charge in [0.25, 0.3) is 0 Å². The lowest BCUT2D eigenvalue weighted by Gasteiger charge is -2.28. The first-order valence-corrected chi connectivity index (χ1v) is 7.12. The second-order valence-corrected chi connectivity index (χ2v) is 5.46. The first-order valence-electron chi connectivity index (χ1n) is 7.12. The van der Waals surface area contributed by atoms with Crippen molar-refractivity contribution >= 4 is 0 Å². The van der Waals surface area contributed by atoms with Crippen molar-refractivity contribution < 1.29 is 4.74 Å². The summed E-state index contributed by atoms with van der Waals surface area (Å²) in [6, 6.07) is 0. The largest absolute Gasteiger partial charge is 0.481 e. The first kappa shape index (κ1) is 12.8. The van der Waals surface area contributed by atoms with Crippen molar-refractivity contribution in [2.45, 2.75) is 32.2 Å². The fourth-order valence-electron chi connectivity index (χ4n) is 2.56. The second kappa shape index (κ2) is 5.43. The van der Waals surface area contributed by atoms with Crippen molar-refractivity contribution in [2.75, 3.05) is 33.3 Å². The number of piperazine rings is 1. The summed E-state index contributed by atoms with van der Waals surface area (Å²) in [7, 11) is 1.71. The number of nitrogens with one attached hydrogen (secondary N) is 1. The summed E-state index contributed by atoms with van der Waals surface area (Å²) < 4.78 is 5.49. The predicted octanol–water partition coefficient (Wildman–Crippen LogP) is 1.08. The van der Waals surface area contributed by atoms with E-state index in [0.29, 0.717) is 5.92 Å². The maximum atomic E-state index is 5.49. The lowest BCUT2D eigenvalue weighted by Crippen LogP contribution is -2.43. The van der Waals surface area contributed by atoms with E-state index in [4.69, 9.17) is 4.74 Å². The van der Waals surface area contributed by atoms with Gasteiger partial charge in [0.05, 0.1) is 7.11 Å². The summed E-state index contributed by atoms with van der Waals surface area (Å²) in [4.78, 5) is 11.7. The summed E-state index contributed by atoms with van der Waals surface area (Å²) in [5, 5.41) is 3.37. The SMILES string of the molecule is COc1nc(C2CC2)nc(C)c1CN1CCNCC1. The number of methoxy groups -OCH3 is 1. The molecule has 5 heteroatoms. The third kappa shape index (κ3) is 2.87. The molecule has 0 amide bonds. The maximum absolute atomic E-state index is 5.49. The monoisotopic (exact) mass is 262 g/mol. The van der Waals surface area contributed by atoms with Crippen LogP contribution in [-0.2, 0) is 6.54 Å². The van der Waals surface area contributed by atoms with Crippen LogP contribution >= 0.6 is 0 Å². The molecule has 1 saturated carbocycles. The van der Waals surface area contributed by atoms with Crippen LogP contribution in [-0.4, -0.2) is 48.2 Å². The number of aromatic nitrogens is 2. The van der Waals surface area contributed by atoms with Gasteiger partial charge in [0.2, 0.25) is 5.88 Å². The van der Waals surface area contributed by atoms with Crippen molar-refractivity contribution in [3.8, 4) is 5.88 Å². The van der Waals surface area contributed by atoms with E-state index >= 15 is 0 Å². The molecule has 1 aromatic rings. The summed E-state index contributed by atoms with van der Waals surface area (Å²) in [5.74, 6) is 2.31. The van der Waals surface area contributed by atoms with Gasteiger partial charge >= 0.3 is 0 Å². The zero-order valence-electron chi connectivity index (χ0n) is 11.8. The normalized spacial score (nSPS) is 20.5. The van der Waals surface area contributed by atoms with E-state index in [1.165, 1.54) is 12.8 Å². The van der Waals surface area contributed by atoms with E-state index in [-0.39, 0.29) is 0 Å². The highest BCUT2D eigenvalue weighted by Crippen LogP contribution is 2.39. The molecule has 1 saturated heterocycles. The molecule has 19 heavy (non-hydrogen) atoms. The zero-order chi connectivity index (χ0) is 13.2. The Morgan fingerprint density at radius 3 is 2.63 bits per heavy atom. The number of aryl methyl sites for hydroxylation is 1. The fourth-order valence-corrected chi connectivity index (χ4v) is 2.56. The third-order valence-electron chi connectivity index (χ3n) is 3.92. The van der Waals surface area contributed by atoms with Crippen LogP contribution in [0.3, 0.4) is 0 Å². The fraction of sp³-hybridized carbons (Fsp3) is 0.714. The van der Waals surface area contributed by atoms with Crippen LogP contribution in [0.25, 0.3) is 0 Å². The molecule has 1 N–H and O–H groups in total. The molecule has 3 rings (SSSR count). The quantitative estimate of drug-likeness (QED) is 0.880. The maximum Gasteiger partial charge on any atom is 0.221 e. The second-order valence-electron chi connectivity index (χ2n) is 5.46. The van der Waals surface area contributed by atoms with Crippen molar-refractivity contribution in [1.29, 1.82) is 0 Å². The minimum atomic E-state index is 0.570. The molecule has 0 spiro atoms. The Balaban J connectivity index is 1.82. The minimum absolute atomic E-state index is 0.570. The topological polar surface area (TPSA) is 50.3 Å². The molecule has 2 aliphatic rings. The van der Waals surface area contributed by atoms with Gasteiger partial charge in [-0.2, -0.15) is 4.98 Å². The Hall–Kier alpha value is -1.20. The van der Waals surface area contributed by atoms with Crippen LogP contribution in [0.2, 0.25) is 0 Å². The van der Waals surface area contributed by atoms with Crippen molar-refractivity contribution in [3.63, 3.8) is 0 Å². The van der Waals surface area contributed by atoms with Gasteiger partial charge in [0.1, 0.15) is 5.82 Å². The molecule has 0 radical (unpaired) electrons. The average Bonchev–Trinajstić information content (AvgIpc) is 3.26. The molecular formula is C14H22N4O. The Morgan fingerprint density at radius 1 is 1.26 bits per heavy atom. The van der Waals surface area contributed by atoms with Crippen molar-refractivity contribution in [2.24, 2.45) is 0 Å². The van der Waals surface area contributed by atoms with Crippen molar-refractivity contribution in [1.82, 2.24) is 20.2 Å². The molecule has 5 nitrogen and oxygen atoms in total. The Morgan fingerprint density at radius 2 is 2.00 bits per heavy atom. The van der Waals surface area contributed by atoms with E-state index in [0.717, 1.165) is 55.7 Å². The van der Waals surface area contributed by atoms with Gasteiger partial charge in [-0.3, -0.25) is 4.90 Å². The van der Waals surface area contributed by atoms with Gasteiger partial charge in [-0.15, -0.1) is 0 Å². The number of hydrogen-bond donors (Lipinski definition) is 1. The van der Waals surface area contributed by atoms with Crippen LogP contribution in [0.1, 0.15) is 35.8 Å². The molecule has 1 aromatic heterocycles. The van der Waals surface area contributed by atoms with E-state index < -0.39 is 0 Å². The highest BCUT2D eigenvalue weighted by molar-refractivity contribution is 5.31. The van der Waals surface area contributed by atoms with Gasteiger partial charge in [0.15, 0.2) is 0 Å². The molecule has 1 aliphatic carbocycles. The van der Waals surface area contributed by atoms with Crippen LogP contribution in [0, 0.1) is 6.92 Å². The van der Waals surface area contributed by atoms with Gasteiger partial charge < -0.3 is 10.1 Å². The van der Waals surface area contributed by atoms with Gasteiger partial charge in [-0.25, -0.2) is 4.98 Å². The highest BCUT2D eigenvalue weighted by Gasteiger charge is 2.28. The summed E-state index contributed by atoms with van der Waals surface area (Å²) in [5.41, 5.74) is 2.22. The molecule has 0 aromatic carbocycles. The van der Waals surface area contributed by atoms with E-state index in [1.54, 1.807) is 7.11 Å². The standard InChI is InChI=1S/C14H22N4O/c1-10-12(9-18-7-5-15-6-8-18)14(19-2)17-13(16-10)11-3-4-11/h11,15H,3-9H2,1-2H3. The molecular weight excluding hydrogens is 240 g/mol. The van der Waals surface area contributed by atoms with Gasteiger partial charge in [-0.05, 0) is 19.8 Å². The minimum Gasteiger partial charge on any atom is -0.481 e. The van der Waals surface area contributed by atoms with Crippen LogP contribution < -0.4 is 10.1 Å². The lowest BCUT2D eigenvalue weighted by atomic mass is 10.2. The van der Waals surface area contributed by atoms with E-state index in [2.05, 4.69) is 27.1 Å². The van der Waals surface area contributed by atoms with Gasteiger partial charge in [-0.1, -0.05) is 0 Å². The molecule has 104 valence electrons. The Labute approximate surface area is 114 Å². The zero-order valence-corrected chi connectivity index (χ0v) is 11.8. The smallest absolute Gasteiger partial charge is 0.221 e. The number of nitrogens with zero attached hydrogens (tertiary/aromatic N) is 3. The summed E-state index contributed by atoms with van der Waals surface area (Å²) in [6.45, 7) is 7.24. The van der Waals surface area contributed by atoms with Gasteiger partial charge in [0, 0.05) is 49.9 Å². The summed E-state index contributed by atoms with van der Waals surface area (Å²) in [6.07, 6.45) is 2.44. The van der Waals surface area contributed by atoms with Crippen LogP contribution in [0.4, 0.5) is 0 Å². The number of ether oxygens (including phenoxy) is 1. The Kier molecular flexibility index (Phi) is 3.66. The molecule has 2 heterocycles. The van der Waals surface area contributed by atoms with Crippen LogP contribution in [0.15, 0.2) is 0 Å². The van der Waals surface area contributed by atoms with Crippen LogP contribution in [0.5, 0.6) is 5.88 Å². The van der Waals surface area contributed by atoms with E-state index in [9.17, 15) is 0 Å². The molecule has 0 unspecified atom stereocenters. The van der Waals surface area contributed by atoms with Crippen molar-refractivity contribution in [3.05, 3.63) is 17.1 Å². The first-order chi connectivity index (χ1) is 9.28.